The van der Waals surface area contributed by atoms with Gasteiger partial charge in [0.25, 0.3) is 0 Å². The minimum Gasteiger partial charge on any atom is -0.0616 e. The van der Waals surface area contributed by atoms with Gasteiger partial charge in [-0.15, -0.1) is 0 Å². The lowest BCUT2D eigenvalue weighted by Crippen LogP contribution is -1.92. The Morgan fingerprint density at radius 3 is 1.07 bits per heavy atom. The molecule has 13 rings (SSSR count). The van der Waals surface area contributed by atoms with Crippen molar-refractivity contribution in [1.29, 1.82) is 0 Å². The summed E-state index contributed by atoms with van der Waals surface area (Å²) in [5, 5.41) is 20.9. The second-order valence-electron chi connectivity index (χ2n) is 15.9. The third kappa shape index (κ3) is 4.46. The maximum atomic E-state index is 2.38. The first kappa shape index (κ1) is 31.6. The summed E-state index contributed by atoms with van der Waals surface area (Å²) in [5.41, 5.74) is 10.0. The number of rotatable bonds is 4. The van der Waals surface area contributed by atoms with Crippen molar-refractivity contribution in [3.8, 4) is 44.5 Å². The fourth-order valence-corrected chi connectivity index (χ4v) is 10.4. The van der Waals surface area contributed by atoms with Crippen LogP contribution in [0.15, 0.2) is 206 Å². The van der Waals surface area contributed by atoms with Gasteiger partial charge in [0.1, 0.15) is 0 Å². The van der Waals surface area contributed by atoms with Gasteiger partial charge < -0.3 is 0 Å². The number of fused-ring (bicyclic) bond motifs is 2. The Balaban J connectivity index is 0.949. The van der Waals surface area contributed by atoms with Crippen molar-refractivity contribution in [2.75, 3.05) is 0 Å². The Morgan fingerprint density at radius 1 is 0.190 bits per heavy atom. The Morgan fingerprint density at radius 2 is 0.534 bits per heavy atom. The molecule has 58 heavy (non-hydrogen) atoms. The molecule has 0 amide bonds. The molecule has 0 nitrogen and oxygen atoms in total. The molecule has 0 aromatic heterocycles. The van der Waals surface area contributed by atoms with Crippen molar-refractivity contribution in [2.24, 2.45) is 0 Å². The highest BCUT2D eigenvalue weighted by atomic mass is 14.2. The van der Waals surface area contributed by atoms with E-state index in [9.17, 15) is 0 Å². The number of hydrogen-bond acceptors (Lipinski definition) is 0. The van der Waals surface area contributed by atoms with Crippen LogP contribution in [0.1, 0.15) is 0 Å². The monoisotopic (exact) mass is 730 g/mol. The fraction of sp³-hybridized carbons (Fsp3) is 0. The molecule has 0 unspecified atom stereocenters. The van der Waals surface area contributed by atoms with Gasteiger partial charge in [-0.3, -0.25) is 0 Å². The summed E-state index contributed by atoms with van der Waals surface area (Å²) in [4.78, 5) is 0. The van der Waals surface area contributed by atoms with Crippen LogP contribution in [0.25, 0.3) is 131 Å². The molecule has 0 spiro atoms. The first-order valence-corrected chi connectivity index (χ1v) is 20.2. The smallest absolute Gasteiger partial charge is 0.00206 e. The first-order valence-electron chi connectivity index (χ1n) is 20.2. The van der Waals surface area contributed by atoms with Crippen molar-refractivity contribution in [3.63, 3.8) is 0 Å². The van der Waals surface area contributed by atoms with E-state index < -0.39 is 0 Å². The standard InChI is InChI=1S/C58H34/c1-3-15-48-46(13-1)55(41-22-18-35(19-23-41)45-32-30-43-29-27-37-8-5-9-39-31-33-51(45)58(43)53(37)39)47-14-2-4-16-49(47)56(48)42-24-20-36(21-25-42)52-34-44-12-6-10-38-26-28-40-11-7-17-50(52)57(40)54(38)44/h1-34H. The van der Waals surface area contributed by atoms with Gasteiger partial charge >= 0.3 is 0 Å². The topological polar surface area (TPSA) is 0 Å². The molecule has 0 heteroatoms. The molecule has 0 fully saturated rings. The van der Waals surface area contributed by atoms with Gasteiger partial charge in [0, 0.05) is 0 Å². The van der Waals surface area contributed by atoms with Crippen molar-refractivity contribution in [3.05, 3.63) is 206 Å². The highest BCUT2D eigenvalue weighted by molar-refractivity contribution is 6.27. The fourth-order valence-electron chi connectivity index (χ4n) is 10.4. The van der Waals surface area contributed by atoms with E-state index >= 15 is 0 Å². The van der Waals surface area contributed by atoms with Crippen LogP contribution in [-0.2, 0) is 0 Å². The summed E-state index contributed by atoms with van der Waals surface area (Å²) in [6.07, 6.45) is 0. The SMILES string of the molecule is c1cc2ccc3ccc(-c4ccc(-c5c6ccccc6c(-c6ccc(-c7cc8cccc9ccc%10cccc7c%10c98)cc6)c6ccccc56)cc4)c4ccc(c1)c2c34. The maximum absolute atomic E-state index is 2.38. The lowest BCUT2D eigenvalue weighted by atomic mass is 9.84. The van der Waals surface area contributed by atoms with Crippen molar-refractivity contribution in [1.82, 2.24) is 0 Å². The van der Waals surface area contributed by atoms with Gasteiger partial charge in [-0.2, -0.15) is 0 Å². The average molecular weight is 731 g/mol. The molecule has 266 valence electrons. The predicted molar refractivity (Wildman–Crippen MR) is 251 cm³/mol. The van der Waals surface area contributed by atoms with Crippen LogP contribution >= 0.6 is 0 Å². The summed E-state index contributed by atoms with van der Waals surface area (Å²) >= 11 is 0. The Bertz CT molecular complexity index is 3680. The molecule has 0 radical (unpaired) electrons. The van der Waals surface area contributed by atoms with Gasteiger partial charge in [0.2, 0.25) is 0 Å². The van der Waals surface area contributed by atoms with E-state index in [0.29, 0.717) is 0 Å². The van der Waals surface area contributed by atoms with E-state index in [0.717, 1.165) is 0 Å². The Kier molecular flexibility index (Phi) is 6.54. The van der Waals surface area contributed by atoms with Crippen LogP contribution in [0.2, 0.25) is 0 Å². The molecule has 0 atom stereocenters. The minimum atomic E-state index is 1.23. The molecule has 0 aliphatic rings. The molecular weight excluding hydrogens is 697 g/mol. The lowest BCUT2D eigenvalue weighted by molar-refractivity contribution is 1.63. The van der Waals surface area contributed by atoms with Gasteiger partial charge in [0.15, 0.2) is 0 Å². The normalized spacial score (nSPS) is 12.1. The molecule has 0 aliphatic carbocycles. The van der Waals surface area contributed by atoms with E-state index in [-0.39, 0.29) is 0 Å². The Hall–Kier alpha value is -7.54. The summed E-state index contributed by atoms with van der Waals surface area (Å²) in [6.45, 7) is 0. The van der Waals surface area contributed by atoms with E-state index in [2.05, 4.69) is 206 Å². The van der Waals surface area contributed by atoms with Crippen LogP contribution in [0.3, 0.4) is 0 Å². The molecule has 0 saturated carbocycles. The van der Waals surface area contributed by atoms with Gasteiger partial charge in [0.05, 0.1) is 0 Å². The quantitative estimate of drug-likeness (QED) is 0.125. The van der Waals surface area contributed by atoms with Crippen LogP contribution < -0.4 is 0 Å². The predicted octanol–water partition coefficient (Wildman–Crippen LogP) is 16.5. The van der Waals surface area contributed by atoms with Gasteiger partial charge in [-0.05, 0) is 137 Å². The lowest BCUT2D eigenvalue weighted by Gasteiger charge is -2.19. The molecule has 0 N–H and O–H groups in total. The minimum absolute atomic E-state index is 1.23. The van der Waals surface area contributed by atoms with Crippen LogP contribution in [0.4, 0.5) is 0 Å². The average Bonchev–Trinajstić information content (AvgIpc) is 3.29. The van der Waals surface area contributed by atoms with E-state index in [1.54, 1.807) is 0 Å². The third-order valence-corrected chi connectivity index (χ3v) is 12.9. The third-order valence-electron chi connectivity index (χ3n) is 12.9. The van der Waals surface area contributed by atoms with Crippen molar-refractivity contribution < 1.29 is 0 Å². The molecule has 13 aromatic carbocycles. The largest absolute Gasteiger partial charge is 0.0616 e. The number of benzene rings is 13. The first-order chi connectivity index (χ1) is 28.8. The van der Waals surface area contributed by atoms with Gasteiger partial charge in [-0.25, -0.2) is 0 Å². The molecule has 0 bridgehead atoms. The summed E-state index contributed by atoms with van der Waals surface area (Å²) in [5.74, 6) is 0. The molecule has 0 saturated heterocycles. The maximum Gasteiger partial charge on any atom is -0.00206 e. The second kappa shape index (κ2) is 12.0. The zero-order valence-electron chi connectivity index (χ0n) is 31.6. The van der Waals surface area contributed by atoms with Gasteiger partial charge in [-0.1, -0.05) is 200 Å². The van der Waals surface area contributed by atoms with Crippen LogP contribution in [0, 0.1) is 0 Å². The summed E-state index contributed by atoms with van der Waals surface area (Å²) in [6, 6.07) is 77.1. The zero-order chi connectivity index (χ0) is 37.9. The zero-order valence-corrected chi connectivity index (χ0v) is 31.6. The Labute approximate surface area is 335 Å². The van der Waals surface area contributed by atoms with E-state index in [1.165, 1.54) is 131 Å². The molecule has 0 heterocycles. The summed E-state index contributed by atoms with van der Waals surface area (Å²) < 4.78 is 0. The highest BCUT2D eigenvalue weighted by Gasteiger charge is 2.19. The van der Waals surface area contributed by atoms with E-state index in [4.69, 9.17) is 0 Å². The van der Waals surface area contributed by atoms with Crippen molar-refractivity contribution in [2.45, 2.75) is 0 Å². The van der Waals surface area contributed by atoms with Crippen LogP contribution in [-0.4, -0.2) is 0 Å². The van der Waals surface area contributed by atoms with Crippen molar-refractivity contribution >= 4 is 86.2 Å². The molecule has 13 aromatic rings. The van der Waals surface area contributed by atoms with Crippen LogP contribution in [0.5, 0.6) is 0 Å². The molecule has 0 aliphatic heterocycles. The highest BCUT2D eigenvalue weighted by Crippen LogP contribution is 2.46. The second-order valence-corrected chi connectivity index (χ2v) is 15.9. The number of hydrogen-bond donors (Lipinski definition) is 0. The van der Waals surface area contributed by atoms with E-state index in [1.807, 2.05) is 0 Å². The summed E-state index contributed by atoms with van der Waals surface area (Å²) in [7, 11) is 0. The molecular formula is C58H34.